The molecule has 31 heavy (non-hydrogen) atoms. The first-order valence-electron chi connectivity index (χ1n) is 10.00. The lowest BCUT2D eigenvalue weighted by atomic mass is 10.1. The largest absolute Gasteiger partial charge is 0.357 e. The second kappa shape index (κ2) is 8.40. The Bertz CT molecular complexity index is 1170. The first kappa shape index (κ1) is 20.9. The molecule has 0 saturated heterocycles. The highest BCUT2D eigenvalue weighted by Gasteiger charge is 2.34. The molecule has 1 N–H and O–H groups in total. The van der Waals surface area contributed by atoms with Gasteiger partial charge >= 0.3 is 0 Å². The van der Waals surface area contributed by atoms with E-state index in [-0.39, 0.29) is 30.8 Å². The van der Waals surface area contributed by atoms with Gasteiger partial charge in [0, 0.05) is 29.6 Å². The van der Waals surface area contributed by atoms with E-state index in [1.807, 2.05) is 42.5 Å². The molecule has 0 aromatic heterocycles. The summed E-state index contributed by atoms with van der Waals surface area (Å²) >= 11 is 5.97. The van der Waals surface area contributed by atoms with Crippen molar-refractivity contribution in [1.82, 2.24) is 10.2 Å². The van der Waals surface area contributed by atoms with Crippen LogP contribution in [0.5, 0.6) is 0 Å². The van der Waals surface area contributed by atoms with E-state index in [4.69, 9.17) is 11.6 Å². The summed E-state index contributed by atoms with van der Waals surface area (Å²) in [5.74, 6) is -0.802. The Morgan fingerprint density at radius 1 is 1.06 bits per heavy atom. The number of benzene rings is 3. The zero-order valence-corrected chi connectivity index (χ0v) is 18.0. The highest BCUT2D eigenvalue weighted by molar-refractivity contribution is 6.30. The Labute approximate surface area is 185 Å². The molecule has 0 radical (unpaired) electrons. The van der Waals surface area contributed by atoms with E-state index in [0.29, 0.717) is 16.3 Å². The van der Waals surface area contributed by atoms with Gasteiger partial charge in [0.2, 0.25) is 11.8 Å². The highest BCUT2D eigenvalue weighted by Crippen LogP contribution is 2.37. The van der Waals surface area contributed by atoms with E-state index in [0.717, 1.165) is 16.3 Å². The standard InChI is InChI=1S/C24H22ClN3O3/c1-15(23(30)26-2)27(13-16-9-11-18(25)12-10-16)21(29)14-28-20-8-4-6-17-5-3-7-19(22(17)20)24(28)31/h3-12,15H,13-14H2,1-2H3,(H,26,30)/t15-/m1/s1. The first-order valence-corrected chi connectivity index (χ1v) is 10.4. The van der Waals surface area contributed by atoms with Crippen molar-refractivity contribution in [3.8, 4) is 0 Å². The van der Waals surface area contributed by atoms with Crippen molar-refractivity contribution in [3.63, 3.8) is 0 Å². The van der Waals surface area contributed by atoms with Gasteiger partial charge in [-0.05, 0) is 42.1 Å². The van der Waals surface area contributed by atoms with Crippen LogP contribution in [0.3, 0.4) is 0 Å². The maximum Gasteiger partial charge on any atom is 0.259 e. The van der Waals surface area contributed by atoms with Crippen molar-refractivity contribution >= 4 is 45.8 Å². The normalized spacial score (nSPS) is 13.4. The number of hydrogen-bond donors (Lipinski definition) is 1. The summed E-state index contributed by atoms with van der Waals surface area (Å²) in [6.07, 6.45) is 0. The average molecular weight is 436 g/mol. The fourth-order valence-electron chi connectivity index (χ4n) is 3.94. The second-order valence-electron chi connectivity index (χ2n) is 7.51. The summed E-state index contributed by atoms with van der Waals surface area (Å²) in [6, 6.07) is 17.6. The molecule has 0 aliphatic carbocycles. The molecule has 1 heterocycles. The lowest BCUT2D eigenvalue weighted by Gasteiger charge is -2.30. The zero-order chi connectivity index (χ0) is 22.1. The summed E-state index contributed by atoms with van der Waals surface area (Å²) in [5.41, 5.74) is 2.14. The van der Waals surface area contributed by atoms with Crippen LogP contribution in [0.1, 0.15) is 22.8 Å². The van der Waals surface area contributed by atoms with E-state index < -0.39 is 6.04 Å². The molecule has 1 aliphatic heterocycles. The summed E-state index contributed by atoms with van der Waals surface area (Å²) in [4.78, 5) is 41.7. The number of nitrogens with one attached hydrogen (secondary N) is 1. The third-order valence-corrected chi connectivity index (χ3v) is 5.87. The van der Waals surface area contributed by atoms with Crippen LogP contribution in [0.15, 0.2) is 60.7 Å². The van der Waals surface area contributed by atoms with Crippen molar-refractivity contribution in [2.75, 3.05) is 18.5 Å². The Kier molecular flexibility index (Phi) is 5.65. The van der Waals surface area contributed by atoms with E-state index in [1.165, 1.54) is 16.8 Å². The van der Waals surface area contributed by atoms with Gasteiger partial charge in [-0.25, -0.2) is 0 Å². The molecule has 1 atom stereocenters. The van der Waals surface area contributed by atoms with Crippen LogP contribution in [0.25, 0.3) is 10.8 Å². The number of rotatable bonds is 6. The minimum Gasteiger partial charge on any atom is -0.357 e. The third kappa shape index (κ3) is 3.86. The van der Waals surface area contributed by atoms with Gasteiger partial charge in [-0.1, -0.05) is 48.0 Å². The number of anilines is 1. The van der Waals surface area contributed by atoms with Crippen LogP contribution in [-0.4, -0.2) is 42.3 Å². The number of halogens is 1. The molecule has 158 valence electrons. The second-order valence-corrected chi connectivity index (χ2v) is 7.95. The van der Waals surface area contributed by atoms with Crippen LogP contribution < -0.4 is 10.2 Å². The van der Waals surface area contributed by atoms with Crippen LogP contribution in [0.4, 0.5) is 5.69 Å². The summed E-state index contributed by atoms with van der Waals surface area (Å²) < 4.78 is 0. The minimum atomic E-state index is -0.705. The molecule has 1 aliphatic rings. The summed E-state index contributed by atoms with van der Waals surface area (Å²) in [5, 5.41) is 4.99. The number of nitrogens with zero attached hydrogens (tertiary/aromatic N) is 2. The number of carbonyl (C=O) groups is 3. The topological polar surface area (TPSA) is 69.7 Å². The van der Waals surface area contributed by atoms with Gasteiger partial charge in [0.15, 0.2) is 0 Å². The van der Waals surface area contributed by atoms with Crippen molar-refractivity contribution in [2.45, 2.75) is 19.5 Å². The predicted octanol–water partition coefficient (Wildman–Crippen LogP) is 3.62. The minimum absolute atomic E-state index is 0.151. The van der Waals surface area contributed by atoms with Crippen molar-refractivity contribution in [1.29, 1.82) is 0 Å². The van der Waals surface area contributed by atoms with Gasteiger partial charge in [-0.15, -0.1) is 0 Å². The van der Waals surface area contributed by atoms with Crippen LogP contribution in [0, 0.1) is 0 Å². The Morgan fingerprint density at radius 3 is 2.42 bits per heavy atom. The maximum absolute atomic E-state index is 13.4. The molecule has 4 rings (SSSR count). The molecule has 7 heteroatoms. The molecule has 3 amide bonds. The molecular formula is C24H22ClN3O3. The Hall–Kier alpha value is -3.38. The molecule has 0 bridgehead atoms. The number of likely N-dealkylation sites (N-methyl/N-ethyl adjacent to an activating group) is 1. The average Bonchev–Trinajstić information content (AvgIpc) is 3.05. The van der Waals surface area contributed by atoms with Crippen molar-refractivity contribution < 1.29 is 14.4 Å². The lowest BCUT2D eigenvalue weighted by Crippen LogP contribution is -2.50. The predicted molar refractivity (Wildman–Crippen MR) is 121 cm³/mol. The zero-order valence-electron chi connectivity index (χ0n) is 17.3. The molecule has 3 aromatic carbocycles. The molecule has 0 fully saturated rings. The first-order chi connectivity index (χ1) is 14.9. The van der Waals surface area contributed by atoms with E-state index >= 15 is 0 Å². The smallest absolute Gasteiger partial charge is 0.259 e. The van der Waals surface area contributed by atoms with Gasteiger partial charge in [0.25, 0.3) is 5.91 Å². The molecule has 0 spiro atoms. The van der Waals surface area contributed by atoms with Crippen LogP contribution >= 0.6 is 11.6 Å². The molecule has 3 aromatic rings. The molecule has 0 saturated carbocycles. The van der Waals surface area contributed by atoms with E-state index in [1.54, 1.807) is 25.1 Å². The van der Waals surface area contributed by atoms with E-state index in [2.05, 4.69) is 5.32 Å². The SMILES string of the molecule is CNC(=O)[C@@H](C)N(Cc1ccc(Cl)cc1)C(=O)CN1C(=O)c2cccc3cccc1c23. The Balaban J connectivity index is 1.63. The lowest BCUT2D eigenvalue weighted by molar-refractivity contribution is -0.139. The van der Waals surface area contributed by atoms with Crippen LogP contribution in [-0.2, 0) is 16.1 Å². The summed E-state index contributed by atoms with van der Waals surface area (Å²) in [6.45, 7) is 1.75. The van der Waals surface area contributed by atoms with Gasteiger partial charge < -0.3 is 10.2 Å². The quantitative estimate of drug-likeness (QED) is 0.643. The third-order valence-electron chi connectivity index (χ3n) is 5.62. The van der Waals surface area contributed by atoms with Crippen molar-refractivity contribution in [3.05, 3.63) is 76.8 Å². The number of amides is 3. The van der Waals surface area contributed by atoms with Gasteiger partial charge in [-0.2, -0.15) is 0 Å². The molecule has 0 unspecified atom stereocenters. The number of carbonyl (C=O) groups excluding carboxylic acids is 3. The summed E-state index contributed by atoms with van der Waals surface area (Å²) in [7, 11) is 1.53. The van der Waals surface area contributed by atoms with Crippen LogP contribution in [0.2, 0.25) is 5.02 Å². The fraction of sp³-hybridized carbons (Fsp3) is 0.208. The van der Waals surface area contributed by atoms with Crippen molar-refractivity contribution in [2.24, 2.45) is 0 Å². The maximum atomic E-state index is 13.4. The Morgan fingerprint density at radius 2 is 1.74 bits per heavy atom. The van der Waals surface area contributed by atoms with E-state index in [9.17, 15) is 14.4 Å². The molecular weight excluding hydrogens is 414 g/mol. The van der Waals surface area contributed by atoms with Gasteiger partial charge in [0.1, 0.15) is 12.6 Å². The fourth-order valence-corrected chi connectivity index (χ4v) is 4.07. The highest BCUT2D eigenvalue weighted by atomic mass is 35.5. The molecule has 6 nitrogen and oxygen atoms in total. The number of hydrogen-bond acceptors (Lipinski definition) is 3. The van der Waals surface area contributed by atoms with Gasteiger partial charge in [0.05, 0.1) is 5.69 Å². The monoisotopic (exact) mass is 435 g/mol. The van der Waals surface area contributed by atoms with Gasteiger partial charge in [-0.3, -0.25) is 19.3 Å².